The fourth-order valence-electron chi connectivity index (χ4n) is 2.30. The number of aromatic nitrogens is 2. The summed E-state index contributed by atoms with van der Waals surface area (Å²) in [7, 11) is 0. The number of hydrogen-bond acceptors (Lipinski definition) is 5. The summed E-state index contributed by atoms with van der Waals surface area (Å²) in [6.07, 6.45) is 6.99. The summed E-state index contributed by atoms with van der Waals surface area (Å²) in [6.45, 7) is 2.06. The number of anilines is 2. The molecule has 0 aliphatic rings. The monoisotopic (exact) mass is 385 g/mol. The molecule has 3 rings (SSSR count). The molecule has 0 aliphatic heterocycles. The first-order valence-electron chi connectivity index (χ1n) is 7.65. The van der Waals surface area contributed by atoms with Gasteiger partial charge in [-0.2, -0.15) is 12.6 Å². The number of hydrogen-bond donors (Lipinski definition) is 2. The van der Waals surface area contributed by atoms with Gasteiger partial charge in [0.05, 0.1) is 10.5 Å². The lowest BCUT2D eigenvalue weighted by Gasteiger charge is -2.11. The largest absolute Gasteiger partial charge is 0.340 e. The lowest BCUT2D eigenvalue weighted by Crippen LogP contribution is -1.98. The lowest BCUT2D eigenvalue weighted by molar-refractivity contribution is 1.14. The molecule has 0 amide bonds. The second-order valence-corrected chi connectivity index (χ2v) is 7.88. The van der Waals surface area contributed by atoms with E-state index in [1.54, 1.807) is 11.8 Å². The van der Waals surface area contributed by atoms with Gasteiger partial charge in [-0.25, -0.2) is 9.97 Å². The van der Waals surface area contributed by atoms with Crippen molar-refractivity contribution in [2.24, 2.45) is 0 Å². The Morgan fingerprint density at radius 2 is 2.16 bits per heavy atom. The van der Waals surface area contributed by atoms with E-state index in [-0.39, 0.29) is 5.25 Å². The molecule has 1 heterocycles. The molecule has 0 saturated heterocycles. The number of terminal acetylenes is 1. The number of halogens is 1. The van der Waals surface area contributed by atoms with Gasteiger partial charge in [-0.05, 0) is 30.3 Å². The van der Waals surface area contributed by atoms with Gasteiger partial charge in [0.2, 0.25) is 0 Å². The maximum Gasteiger partial charge on any atom is 0.141 e. The fraction of sp³-hybridized carbons (Fsp3) is 0.158. The van der Waals surface area contributed by atoms with Crippen LogP contribution in [0, 0.1) is 12.3 Å². The Kier molecular flexibility index (Phi) is 5.74. The van der Waals surface area contributed by atoms with Crippen molar-refractivity contribution in [3.63, 3.8) is 0 Å². The SMILES string of the molecule is C#Cc1cccc(Nc2ncnc3cc(Cl)c(SCC(C)S)cc23)c1. The van der Waals surface area contributed by atoms with Crippen LogP contribution < -0.4 is 5.32 Å². The predicted molar refractivity (Wildman–Crippen MR) is 111 cm³/mol. The number of thiol groups is 1. The van der Waals surface area contributed by atoms with Gasteiger partial charge in [-0.15, -0.1) is 18.2 Å². The molecule has 0 aliphatic carbocycles. The van der Waals surface area contributed by atoms with Crippen LogP contribution in [0.5, 0.6) is 0 Å². The summed E-state index contributed by atoms with van der Waals surface area (Å²) in [6, 6.07) is 11.5. The molecule has 2 aromatic carbocycles. The Morgan fingerprint density at radius 3 is 2.92 bits per heavy atom. The van der Waals surface area contributed by atoms with E-state index in [0.717, 1.165) is 38.6 Å². The van der Waals surface area contributed by atoms with E-state index in [1.165, 1.54) is 6.33 Å². The van der Waals surface area contributed by atoms with Crippen molar-refractivity contribution in [1.29, 1.82) is 0 Å². The van der Waals surface area contributed by atoms with Crippen molar-refractivity contribution in [2.45, 2.75) is 17.1 Å². The van der Waals surface area contributed by atoms with Crippen LogP contribution >= 0.6 is 36.0 Å². The average Bonchev–Trinajstić information content (AvgIpc) is 2.60. The van der Waals surface area contributed by atoms with Gasteiger partial charge >= 0.3 is 0 Å². The number of rotatable bonds is 5. The molecule has 25 heavy (non-hydrogen) atoms. The van der Waals surface area contributed by atoms with Crippen LogP contribution in [0.4, 0.5) is 11.5 Å². The van der Waals surface area contributed by atoms with Crippen LogP contribution in [0.25, 0.3) is 10.9 Å². The highest BCUT2D eigenvalue weighted by Crippen LogP contribution is 2.34. The van der Waals surface area contributed by atoms with Gasteiger partial charge in [-0.3, -0.25) is 0 Å². The van der Waals surface area contributed by atoms with Crippen molar-refractivity contribution in [3.8, 4) is 12.3 Å². The highest BCUT2D eigenvalue weighted by atomic mass is 35.5. The zero-order valence-corrected chi connectivity index (χ0v) is 16.0. The van der Waals surface area contributed by atoms with Gasteiger partial charge in [0.1, 0.15) is 12.1 Å². The summed E-state index contributed by atoms with van der Waals surface area (Å²) >= 11 is 12.5. The van der Waals surface area contributed by atoms with E-state index in [0.29, 0.717) is 5.02 Å². The fourth-order valence-corrected chi connectivity index (χ4v) is 3.67. The topological polar surface area (TPSA) is 37.8 Å². The van der Waals surface area contributed by atoms with Crippen LogP contribution in [0.3, 0.4) is 0 Å². The predicted octanol–water partition coefficient (Wildman–Crippen LogP) is 5.42. The van der Waals surface area contributed by atoms with E-state index < -0.39 is 0 Å². The van der Waals surface area contributed by atoms with Crippen molar-refractivity contribution >= 4 is 58.4 Å². The molecular weight excluding hydrogens is 370 g/mol. The molecule has 1 atom stereocenters. The third-order valence-electron chi connectivity index (χ3n) is 3.46. The third-order valence-corrected chi connectivity index (χ3v) is 5.63. The average molecular weight is 386 g/mol. The van der Waals surface area contributed by atoms with Crippen LogP contribution in [0.15, 0.2) is 47.6 Å². The summed E-state index contributed by atoms with van der Waals surface area (Å²) < 4.78 is 0. The van der Waals surface area contributed by atoms with Gasteiger partial charge in [-0.1, -0.05) is 30.5 Å². The second kappa shape index (κ2) is 8.01. The van der Waals surface area contributed by atoms with Gasteiger partial charge in [0.15, 0.2) is 0 Å². The molecule has 126 valence electrons. The van der Waals surface area contributed by atoms with Crippen LogP contribution in [-0.2, 0) is 0 Å². The molecule has 0 saturated carbocycles. The first-order chi connectivity index (χ1) is 12.1. The molecule has 1 aromatic heterocycles. The quantitative estimate of drug-likeness (QED) is 0.349. The van der Waals surface area contributed by atoms with Gasteiger partial charge < -0.3 is 5.32 Å². The van der Waals surface area contributed by atoms with Crippen molar-refractivity contribution in [2.75, 3.05) is 11.1 Å². The number of nitrogens with zero attached hydrogens (tertiary/aromatic N) is 2. The molecule has 1 unspecified atom stereocenters. The first-order valence-corrected chi connectivity index (χ1v) is 9.53. The Labute approximate surface area is 162 Å². The minimum atomic E-state index is 0.285. The van der Waals surface area contributed by atoms with Gasteiger partial charge in [0.25, 0.3) is 0 Å². The van der Waals surface area contributed by atoms with E-state index in [2.05, 4.69) is 40.8 Å². The molecule has 0 fully saturated rings. The molecule has 3 nitrogen and oxygen atoms in total. The van der Waals surface area contributed by atoms with E-state index in [9.17, 15) is 0 Å². The number of fused-ring (bicyclic) bond motifs is 1. The van der Waals surface area contributed by atoms with Crippen molar-refractivity contribution in [3.05, 3.63) is 53.3 Å². The molecule has 1 N–H and O–H groups in total. The van der Waals surface area contributed by atoms with E-state index in [1.807, 2.05) is 36.4 Å². The second-order valence-electron chi connectivity index (χ2n) is 5.53. The Morgan fingerprint density at radius 1 is 1.32 bits per heavy atom. The summed E-state index contributed by atoms with van der Waals surface area (Å²) in [4.78, 5) is 9.70. The zero-order valence-electron chi connectivity index (χ0n) is 13.5. The van der Waals surface area contributed by atoms with Crippen LogP contribution in [0.1, 0.15) is 12.5 Å². The number of benzene rings is 2. The Bertz CT molecular complexity index is 951. The zero-order chi connectivity index (χ0) is 17.8. The number of thioether (sulfide) groups is 1. The lowest BCUT2D eigenvalue weighted by atomic mass is 10.2. The first kappa shape index (κ1) is 17.9. The Hall–Kier alpha value is -1.87. The highest BCUT2D eigenvalue weighted by Gasteiger charge is 2.10. The molecule has 0 spiro atoms. The molecule has 0 bridgehead atoms. The highest BCUT2D eigenvalue weighted by molar-refractivity contribution is 8.00. The van der Waals surface area contributed by atoms with E-state index >= 15 is 0 Å². The summed E-state index contributed by atoms with van der Waals surface area (Å²) in [5.41, 5.74) is 2.48. The minimum Gasteiger partial charge on any atom is -0.340 e. The normalized spacial score (nSPS) is 11.9. The molecule has 0 radical (unpaired) electrons. The van der Waals surface area contributed by atoms with Crippen LogP contribution in [0.2, 0.25) is 5.02 Å². The van der Waals surface area contributed by atoms with Crippen molar-refractivity contribution in [1.82, 2.24) is 9.97 Å². The smallest absolute Gasteiger partial charge is 0.141 e. The maximum atomic E-state index is 6.39. The van der Waals surface area contributed by atoms with Gasteiger partial charge in [0, 0.05) is 32.5 Å². The molecule has 6 heteroatoms. The Balaban J connectivity index is 1.99. The number of nitrogens with one attached hydrogen (secondary N) is 1. The molecule has 3 aromatic rings. The maximum absolute atomic E-state index is 6.39. The van der Waals surface area contributed by atoms with Crippen LogP contribution in [-0.4, -0.2) is 21.0 Å². The molecular formula is C19H16ClN3S2. The standard InChI is InChI=1S/C19H16ClN3S2/c1-3-13-5-4-6-14(7-13)23-19-15-8-18(25-10-12(2)24)16(20)9-17(15)21-11-22-19/h1,4-9,11-12,24H,10H2,2H3,(H,21,22,23). The third kappa shape index (κ3) is 4.40. The summed E-state index contributed by atoms with van der Waals surface area (Å²) in [5.74, 6) is 4.22. The summed E-state index contributed by atoms with van der Waals surface area (Å²) in [5, 5.41) is 5.20. The minimum absolute atomic E-state index is 0.285. The van der Waals surface area contributed by atoms with E-state index in [4.69, 9.17) is 18.0 Å². The van der Waals surface area contributed by atoms with Crippen molar-refractivity contribution < 1.29 is 0 Å².